The molecule has 0 amide bonds. The van der Waals surface area contributed by atoms with E-state index >= 15 is 0 Å². The molecule has 0 saturated heterocycles. The third kappa shape index (κ3) is 2.21. The van der Waals surface area contributed by atoms with Crippen LogP contribution in [0.3, 0.4) is 0 Å². The fourth-order valence-corrected chi connectivity index (χ4v) is 4.20. The number of aliphatic hydroxyl groups excluding tert-OH is 1. The van der Waals surface area contributed by atoms with E-state index < -0.39 is 0 Å². The first-order valence-corrected chi connectivity index (χ1v) is 7.38. The Hall–Kier alpha value is -0.820. The van der Waals surface area contributed by atoms with Crippen molar-refractivity contribution in [3.8, 4) is 0 Å². The monoisotopic (exact) mass is 244 g/mol. The molecule has 3 rings (SSSR count). The van der Waals surface area contributed by atoms with E-state index in [-0.39, 0.29) is 6.10 Å². The van der Waals surface area contributed by atoms with Gasteiger partial charge in [-0.25, -0.2) is 0 Å². The van der Waals surface area contributed by atoms with Crippen LogP contribution >= 0.6 is 0 Å². The minimum atomic E-state index is -0.255. The van der Waals surface area contributed by atoms with Crippen LogP contribution < -0.4 is 0 Å². The molecular formula is C17H24O. The van der Waals surface area contributed by atoms with E-state index in [0.29, 0.717) is 0 Å². The van der Waals surface area contributed by atoms with Gasteiger partial charge in [0.1, 0.15) is 0 Å². The smallest absolute Gasteiger partial charge is 0.0795 e. The van der Waals surface area contributed by atoms with E-state index in [1.807, 2.05) is 0 Å². The molecule has 18 heavy (non-hydrogen) atoms. The minimum absolute atomic E-state index is 0.255. The summed E-state index contributed by atoms with van der Waals surface area (Å²) in [5.74, 6) is 2.67. The lowest BCUT2D eigenvalue weighted by Gasteiger charge is -2.25. The van der Waals surface area contributed by atoms with Crippen molar-refractivity contribution in [1.29, 1.82) is 0 Å². The quantitative estimate of drug-likeness (QED) is 0.846. The van der Waals surface area contributed by atoms with Crippen molar-refractivity contribution in [2.75, 3.05) is 0 Å². The average Bonchev–Trinajstić information content (AvgIpc) is 2.94. The van der Waals surface area contributed by atoms with E-state index in [1.54, 1.807) is 0 Å². The third-order valence-corrected chi connectivity index (χ3v) is 5.20. The van der Waals surface area contributed by atoms with Crippen LogP contribution in [0, 0.1) is 31.6 Å². The molecule has 0 heterocycles. The van der Waals surface area contributed by atoms with Crippen LogP contribution in [0.4, 0.5) is 0 Å². The largest absolute Gasteiger partial charge is 0.388 e. The highest BCUT2D eigenvalue weighted by Gasteiger charge is 2.40. The van der Waals surface area contributed by atoms with E-state index in [1.165, 1.54) is 36.8 Å². The van der Waals surface area contributed by atoms with Crippen LogP contribution in [0.2, 0.25) is 0 Å². The van der Waals surface area contributed by atoms with Crippen molar-refractivity contribution in [3.05, 3.63) is 34.9 Å². The molecule has 1 N–H and O–H groups in total. The third-order valence-electron chi connectivity index (χ3n) is 5.20. The van der Waals surface area contributed by atoms with E-state index in [4.69, 9.17) is 0 Å². The van der Waals surface area contributed by atoms with Gasteiger partial charge < -0.3 is 5.11 Å². The summed E-state index contributed by atoms with van der Waals surface area (Å²) in [6, 6.07) is 6.42. The summed E-state index contributed by atoms with van der Waals surface area (Å²) < 4.78 is 0. The molecular weight excluding hydrogens is 220 g/mol. The predicted molar refractivity (Wildman–Crippen MR) is 74.4 cm³/mol. The lowest BCUT2D eigenvalue weighted by molar-refractivity contribution is 0.125. The maximum absolute atomic E-state index is 10.5. The first-order chi connectivity index (χ1) is 8.63. The minimum Gasteiger partial charge on any atom is -0.388 e. The maximum atomic E-state index is 10.5. The second-order valence-corrected chi connectivity index (χ2v) is 6.55. The van der Waals surface area contributed by atoms with Crippen molar-refractivity contribution >= 4 is 0 Å². The predicted octanol–water partition coefficient (Wildman–Crippen LogP) is 4.16. The van der Waals surface area contributed by atoms with Crippen LogP contribution in [-0.2, 0) is 0 Å². The number of hydrogen-bond acceptors (Lipinski definition) is 1. The van der Waals surface area contributed by atoms with Gasteiger partial charge in [0.2, 0.25) is 0 Å². The highest BCUT2D eigenvalue weighted by atomic mass is 16.3. The molecule has 4 unspecified atom stereocenters. The summed E-state index contributed by atoms with van der Waals surface area (Å²) in [7, 11) is 0. The summed E-state index contributed by atoms with van der Waals surface area (Å²) in [6.07, 6.45) is 6.38. The SMILES string of the molecule is Cc1ccc(C)c(C(O)CC2CC3CCC2C3)c1. The molecule has 4 atom stereocenters. The summed E-state index contributed by atoms with van der Waals surface area (Å²) in [6.45, 7) is 4.21. The van der Waals surface area contributed by atoms with Gasteiger partial charge in [0.25, 0.3) is 0 Å². The summed E-state index contributed by atoms with van der Waals surface area (Å²) in [5, 5.41) is 10.5. The number of rotatable bonds is 3. The van der Waals surface area contributed by atoms with Gasteiger partial charge in [-0.05, 0) is 68.4 Å². The van der Waals surface area contributed by atoms with Gasteiger partial charge in [0.05, 0.1) is 6.10 Å². The molecule has 98 valence electrons. The fourth-order valence-electron chi connectivity index (χ4n) is 4.20. The molecule has 1 heteroatoms. The van der Waals surface area contributed by atoms with Crippen molar-refractivity contribution < 1.29 is 5.11 Å². The summed E-state index contributed by atoms with van der Waals surface area (Å²) in [5.41, 5.74) is 3.64. The van der Waals surface area contributed by atoms with Gasteiger partial charge in [0.15, 0.2) is 0 Å². The Kier molecular flexibility index (Phi) is 3.19. The first kappa shape index (κ1) is 12.2. The second-order valence-electron chi connectivity index (χ2n) is 6.55. The molecule has 0 radical (unpaired) electrons. The number of aryl methyl sites for hydroxylation is 2. The Bertz CT molecular complexity index is 437. The molecule has 1 aromatic rings. The number of hydrogen-bond donors (Lipinski definition) is 1. The zero-order chi connectivity index (χ0) is 12.7. The van der Waals surface area contributed by atoms with E-state index in [0.717, 1.165) is 29.7 Å². The van der Waals surface area contributed by atoms with E-state index in [2.05, 4.69) is 32.0 Å². The fraction of sp³-hybridized carbons (Fsp3) is 0.647. The van der Waals surface area contributed by atoms with Crippen LogP contribution in [0.5, 0.6) is 0 Å². The summed E-state index contributed by atoms with van der Waals surface area (Å²) in [4.78, 5) is 0. The molecule has 0 spiro atoms. The van der Waals surface area contributed by atoms with Gasteiger partial charge in [-0.2, -0.15) is 0 Å². The molecule has 2 aliphatic rings. The second kappa shape index (κ2) is 4.70. The molecule has 2 saturated carbocycles. The zero-order valence-corrected chi connectivity index (χ0v) is 11.5. The normalized spacial score (nSPS) is 31.8. The van der Waals surface area contributed by atoms with Crippen molar-refractivity contribution in [2.24, 2.45) is 17.8 Å². The lowest BCUT2D eigenvalue weighted by Crippen LogP contribution is -2.15. The summed E-state index contributed by atoms with van der Waals surface area (Å²) >= 11 is 0. The Labute approximate surface area is 110 Å². The zero-order valence-electron chi connectivity index (χ0n) is 11.5. The topological polar surface area (TPSA) is 20.2 Å². The average molecular weight is 244 g/mol. The number of fused-ring (bicyclic) bond motifs is 2. The van der Waals surface area contributed by atoms with Gasteiger partial charge in [0, 0.05) is 0 Å². The van der Waals surface area contributed by atoms with Crippen molar-refractivity contribution in [1.82, 2.24) is 0 Å². The molecule has 0 aliphatic heterocycles. The lowest BCUT2D eigenvalue weighted by atomic mass is 9.83. The van der Waals surface area contributed by atoms with Gasteiger partial charge in [-0.3, -0.25) is 0 Å². The van der Waals surface area contributed by atoms with Crippen molar-refractivity contribution in [3.63, 3.8) is 0 Å². The van der Waals surface area contributed by atoms with Crippen LogP contribution in [0.1, 0.15) is 54.9 Å². The standard InChI is InChI=1S/C17H24O/c1-11-3-4-12(2)16(7-11)17(18)10-15-9-13-5-6-14(15)8-13/h3-4,7,13-15,17-18H,5-6,8-10H2,1-2H3. The first-order valence-electron chi connectivity index (χ1n) is 7.38. The van der Waals surface area contributed by atoms with Gasteiger partial charge in [-0.15, -0.1) is 0 Å². The van der Waals surface area contributed by atoms with Gasteiger partial charge >= 0.3 is 0 Å². The Morgan fingerprint density at radius 1 is 1.22 bits per heavy atom. The number of aliphatic hydroxyl groups is 1. The highest BCUT2D eigenvalue weighted by Crippen LogP contribution is 2.51. The Morgan fingerprint density at radius 3 is 2.72 bits per heavy atom. The number of benzene rings is 1. The molecule has 1 aromatic carbocycles. The van der Waals surface area contributed by atoms with Crippen molar-refractivity contribution in [2.45, 2.75) is 52.1 Å². The molecule has 2 aliphatic carbocycles. The van der Waals surface area contributed by atoms with Gasteiger partial charge in [-0.1, -0.05) is 30.2 Å². The molecule has 2 bridgehead atoms. The Morgan fingerprint density at radius 2 is 2.06 bits per heavy atom. The van der Waals surface area contributed by atoms with Crippen LogP contribution in [-0.4, -0.2) is 5.11 Å². The van der Waals surface area contributed by atoms with Crippen LogP contribution in [0.25, 0.3) is 0 Å². The van der Waals surface area contributed by atoms with E-state index in [9.17, 15) is 5.11 Å². The van der Waals surface area contributed by atoms with Crippen LogP contribution in [0.15, 0.2) is 18.2 Å². The molecule has 0 aromatic heterocycles. The Balaban J connectivity index is 1.71. The molecule has 1 nitrogen and oxygen atoms in total. The molecule has 2 fully saturated rings. The maximum Gasteiger partial charge on any atom is 0.0795 e. The highest BCUT2D eigenvalue weighted by molar-refractivity contribution is 5.32.